The number of benzene rings is 1. The number of aliphatic imine (C=N–C) groups is 1. The van der Waals surface area contributed by atoms with Crippen molar-refractivity contribution >= 4 is 11.9 Å². The number of para-hydroxylation sites is 1. The van der Waals surface area contributed by atoms with Crippen LogP contribution < -0.4 is 10.0 Å². The van der Waals surface area contributed by atoms with Crippen LogP contribution in [0.5, 0.6) is 0 Å². The van der Waals surface area contributed by atoms with Gasteiger partial charge in [0, 0.05) is 34.0 Å². The van der Waals surface area contributed by atoms with E-state index >= 15 is 0 Å². The maximum absolute atomic E-state index is 4.38. The summed E-state index contributed by atoms with van der Waals surface area (Å²) in [6.07, 6.45) is 7.24. The maximum atomic E-state index is 4.38. The molecule has 4 heteroatoms. The smallest absolute Gasteiger partial charge is 0.255 e. The zero-order valence-electron chi connectivity index (χ0n) is 14.0. The summed E-state index contributed by atoms with van der Waals surface area (Å²) < 4.78 is 0.731. The first-order valence-corrected chi connectivity index (χ1v) is 8.01. The van der Waals surface area contributed by atoms with Gasteiger partial charge < -0.3 is 0 Å². The minimum atomic E-state index is -0.0522. The third kappa shape index (κ3) is 2.29. The molecule has 0 amide bonds. The topological polar surface area (TPSA) is 34.3 Å². The fourth-order valence-electron chi connectivity index (χ4n) is 3.54. The molecule has 1 N–H and O–H groups in total. The molecule has 3 rings (SSSR count). The number of nitrogens with one attached hydrogen (secondary N) is 1. The molecule has 22 heavy (non-hydrogen) atoms. The van der Waals surface area contributed by atoms with Crippen LogP contribution >= 0.6 is 0 Å². The molecule has 0 radical (unpaired) electrons. The van der Waals surface area contributed by atoms with Gasteiger partial charge in [-0.3, -0.25) is 4.99 Å². The average molecular weight is 343 g/mol. The molecule has 2 aliphatic heterocycles. The summed E-state index contributed by atoms with van der Waals surface area (Å²) in [4.78, 5) is 4.38. The fourth-order valence-corrected chi connectivity index (χ4v) is 3.54. The number of quaternary nitrogens is 1. The van der Waals surface area contributed by atoms with Gasteiger partial charge in [-0.1, -0.05) is 58.2 Å². The summed E-state index contributed by atoms with van der Waals surface area (Å²) in [6.45, 7) is 11.3. The van der Waals surface area contributed by atoms with Crippen LogP contribution in [0.15, 0.2) is 35.6 Å². The first-order chi connectivity index (χ1) is 9.97. The third-order valence-electron chi connectivity index (χ3n) is 4.85. The van der Waals surface area contributed by atoms with Gasteiger partial charge in [0.05, 0.1) is 12.4 Å². The van der Waals surface area contributed by atoms with Crippen molar-refractivity contribution in [2.45, 2.75) is 58.5 Å². The van der Waals surface area contributed by atoms with Crippen LogP contribution in [0.4, 0.5) is 5.69 Å². The zero-order chi connectivity index (χ0) is 15.3. The van der Waals surface area contributed by atoms with Crippen molar-refractivity contribution in [3.05, 3.63) is 41.7 Å². The van der Waals surface area contributed by atoms with Crippen LogP contribution in [0.1, 0.15) is 64.0 Å². The molecule has 2 heterocycles. The summed E-state index contributed by atoms with van der Waals surface area (Å²) in [5.41, 5.74) is 7.95. The van der Waals surface area contributed by atoms with Gasteiger partial charge in [-0.25, -0.2) is 0 Å². The first-order valence-electron chi connectivity index (χ1n) is 8.01. The summed E-state index contributed by atoms with van der Waals surface area (Å²) in [7, 11) is 0. The molecular weight excluding hydrogens is 317 g/mol. The molecule has 1 fully saturated rings. The largest absolute Gasteiger partial charge is 0.258 e. The van der Waals surface area contributed by atoms with Crippen LogP contribution in [-0.4, -0.2) is 11.9 Å². The molecular formula is C18H26N3Ni+. The van der Waals surface area contributed by atoms with Crippen molar-refractivity contribution in [1.29, 1.82) is 0 Å². The van der Waals surface area contributed by atoms with Crippen LogP contribution in [0.2, 0.25) is 0 Å². The van der Waals surface area contributed by atoms with Gasteiger partial charge >= 0.3 is 0 Å². The van der Waals surface area contributed by atoms with Crippen molar-refractivity contribution in [3.63, 3.8) is 0 Å². The van der Waals surface area contributed by atoms with Crippen molar-refractivity contribution in [2.24, 2.45) is 4.99 Å². The fraction of sp³-hybridized carbons (Fsp3) is 0.500. The van der Waals surface area contributed by atoms with E-state index in [0.717, 1.165) is 11.0 Å². The molecule has 3 nitrogen and oxygen atoms in total. The normalized spacial score (nSPS) is 28.7. The van der Waals surface area contributed by atoms with E-state index in [1.54, 1.807) is 0 Å². The van der Waals surface area contributed by atoms with Crippen molar-refractivity contribution in [2.75, 3.05) is 0 Å². The van der Waals surface area contributed by atoms with E-state index < -0.39 is 0 Å². The quantitative estimate of drug-likeness (QED) is 0.490. The molecule has 0 bridgehead atoms. The second-order valence-corrected chi connectivity index (χ2v) is 6.78. The Labute approximate surface area is 144 Å². The number of hydrogen-bond donors (Lipinski definition) is 1. The first kappa shape index (κ1) is 17.4. The van der Waals surface area contributed by atoms with E-state index in [2.05, 4.69) is 75.7 Å². The van der Waals surface area contributed by atoms with E-state index in [9.17, 15) is 0 Å². The molecule has 0 aromatic heterocycles. The van der Waals surface area contributed by atoms with Crippen LogP contribution in [0.25, 0.3) is 0 Å². The van der Waals surface area contributed by atoms with Crippen LogP contribution in [-0.2, 0) is 16.5 Å². The minimum Gasteiger partial charge on any atom is -0.255 e. The molecule has 0 aliphatic carbocycles. The Morgan fingerprint density at radius 1 is 1.14 bits per heavy atom. The van der Waals surface area contributed by atoms with E-state index in [4.69, 9.17) is 0 Å². The van der Waals surface area contributed by atoms with E-state index in [1.165, 1.54) is 16.8 Å². The second-order valence-electron chi connectivity index (χ2n) is 6.78. The van der Waals surface area contributed by atoms with Crippen molar-refractivity contribution in [3.8, 4) is 0 Å². The molecule has 0 spiro atoms. The zero-order valence-corrected chi connectivity index (χ0v) is 15.0. The van der Waals surface area contributed by atoms with Gasteiger partial charge in [0.15, 0.2) is 5.69 Å². The summed E-state index contributed by atoms with van der Waals surface area (Å²) in [5.74, 6) is 1.02. The van der Waals surface area contributed by atoms with Crippen molar-refractivity contribution in [1.82, 2.24) is 10.0 Å². The van der Waals surface area contributed by atoms with E-state index in [1.807, 2.05) is 6.20 Å². The maximum Gasteiger partial charge on any atom is 0.258 e. The Kier molecular flexibility index (Phi) is 4.68. The predicted octanol–water partition coefficient (Wildman–Crippen LogP) is 4.42. The van der Waals surface area contributed by atoms with Crippen LogP contribution in [0, 0.1) is 0 Å². The Morgan fingerprint density at radius 2 is 1.73 bits per heavy atom. The Balaban J connectivity index is 0.00000176. The molecule has 0 saturated carbocycles. The van der Waals surface area contributed by atoms with Gasteiger partial charge in [-0.15, -0.1) is 0 Å². The molecule has 1 aromatic rings. The van der Waals surface area contributed by atoms with Gasteiger partial charge in [-0.05, 0) is 11.8 Å². The standard InChI is InChI=1S/C18H26N3.Ni/c1-6-18-12-19-10-11-21(18,20-18)17-15(13(2)3)8-7-9-16(17)14(4)5;/h7-14,20H,6H2,1-5H3;/q+1;. The van der Waals surface area contributed by atoms with Gasteiger partial charge in [0.2, 0.25) is 0 Å². The Bertz CT molecular complexity index is 595. The molecule has 1 saturated heterocycles. The second kappa shape index (κ2) is 5.92. The van der Waals surface area contributed by atoms with Gasteiger partial charge in [0.1, 0.15) is 6.20 Å². The average Bonchev–Trinajstić information content (AvgIpc) is 3.17. The third-order valence-corrected chi connectivity index (χ3v) is 4.85. The Morgan fingerprint density at radius 3 is 2.23 bits per heavy atom. The minimum absolute atomic E-state index is 0. The van der Waals surface area contributed by atoms with Crippen LogP contribution in [0.3, 0.4) is 0 Å². The SMILES string of the molecule is CCC12C=NC=C[N+]1(c1c(C(C)C)cccc1C(C)C)N2.[Ni]. The predicted molar refractivity (Wildman–Crippen MR) is 90.2 cm³/mol. The molecule has 2 atom stereocenters. The van der Waals surface area contributed by atoms with Crippen molar-refractivity contribution < 1.29 is 16.5 Å². The number of fused-ring (bicyclic) bond motifs is 1. The number of hydrogen-bond acceptors (Lipinski definition) is 2. The molecule has 1 aromatic carbocycles. The Hall–Kier alpha value is -0.956. The monoisotopic (exact) mass is 342 g/mol. The molecule has 122 valence electrons. The summed E-state index contributed by atoms with van der Waals surface area (Å²) in [6, 6.07) is 6.75. The van der Waals surface area contributed by atoms with E-state index in [-0.39, 0.29) is 22.2 Å². The summed E-state index contributed by atoms with van der Waals surface area (Å²) >= 11 is 0. The van der Waals surface area contributed by atoms with E-state index in [0.29, 0.717) is 11.8 Å². The summed E-state index contributed by atoms with van der Waals surface area (Å²) in [5, 5.41) is 0. The molecule has 2 aliphatic rings. The van der Waals surface area contributed by atoms with Gasteiger partial charge in [0.25, 0.3) is 5.66 Å². The number of nitrogens with zero attached hydrogens (tertiary/aromatic N) is 2. The van der Waals surface area contributed by atoms with Gasteiger partial charge in [-0.2, -0.15) is 4.59 Å². The molecule has 2 unspecified atom stereocenters. The number of rotatable bonds is 4.